The van der Waals surface area contributed by atoms with Crippen LogP contribution in [0.1, 0.15) is 23.6 Å². The fraction of sp³-hybridized carbons (Fsp3) is 0.458. The second kappa shape index (κ2) is 11.0. The monoisotopic (exact) mass is 424 g/mol. The molecule has 2 aromatic rings. The van der Waals surface area contributed by atoms with Gasteiger partial charge in [-0.3, -0.25) is 4.90 Å². The zero-order valence-electron chi connectivity index (χ0n) is 18.2. The summed E-state index contributed by atoms with van der Waals surface area (Å²) < 4.78 is 16.3. The van der Waals surface area contributed by atoms with Gasteiger partial charge in [0.25, 0.3) is 0 Å². The summed E-state index contributed by atoms with van der Waals surface area (Å²) in [4.78, 5) is 7.21. The van der Waals surface area contributed by atoms with Gasteiger partial charge in [0.05, 0.1) is 19.8 Å². The van der Waals surface area contributed by atoms with Gasteiger partial charge < -0.3 is 24.8 Å². The molecule has 2 N–H and O–H groups in total. The van der Waals surface area contributed by atoms with E-state index >= 15 is 0 Å². The van der Waals surface area contributed by atoms with E-state index in [0.717, 1.165) is 69.8 Å². The minimum absolute atomic E-state index is 0.307. The smallest absolute Gasteiger partial charge is 0.231 e. The predicted molar refractivity (Wildman–Crippen MR) is 122 cm³/mol. The third kappa shape index (κ3) is 6.35. The van der Waals surface area contributed by atoms with E-state index in [1.54, 1.807) is 0 Å². The topological polar surface area (TPSA) is 67.4 Å². The normalized spacial score (nSPS) is 16.4. The number of ether oxygens (including phenoxy) is 3. The molecule has 7 heteroatoms. The van der Waals surface area contributed by atoms with Crippen molar-refractivity contribution in [2.75, 3.05) is 46.2 Å². The van der Waals surface area contributed by atoms with Crippen molar-refractivity contribution in [1.29, 1.82) is 0 Å². The summed E-state index contributed by atoms with van der Waals surface area (Å²) in [5, 5.41) is 6.77. The molecule has 0 saturated carbocycles. The Kier molecular flexibility index (Phi) is 7.63. The van der Waals surface area contributed by atoms with Crippen molar-refractivity contribution in [1.82, 2.24) is 15.5 Å². The molecule has 0 radical (unpaired) electrons. The van der Waals surface area contributed by atoms with E-state index in [9.17, 15) is 0 Å². The summed E-state index contributed by atoms with van der Waals surface area (Å²) >= 11 is 0. The molecule has 2 heterocycles. The van der Waals surface area contributed by atoms with Gasteiger partial charge in [0.15, 0.2) is 17.5 Å². The lowest BCUT2D eigenvalue weighted by atomic mass is 10.1. The Bertz CT molecular complexity index is 881. The van der Waals surface area contributed by atoms with Gasteiger partial charge in [-0.15, -0.1) is 0 Å². The molecule has 2 aromatic carbocycles. The Labute approximate surface area is 184 Å². The van der Waals surface area contributed by atoms with Crippen molar-refractivity contribution in [3.8, 4) is 11.5 Å². The van der Waals surface area contributed by atoms with Crippen LogP contribution >= 0.6 is 0 Å². The molecule has 2 aliphatic rings. The van der Waals surface area contributed by atoms with E-state index in [1.165, 1.54) is 16.7 Å². The van der Waals surface area contributed by atoms with Gasteiger partial charge in [-0.05, 0) is 42.2 Å². The average molecular weight is 425 g/mol. The van der Waals surface area contributed by atoms with Crippen LogP contribution in [-0.4, -0.2) is 57.0 Å². The zero-order chi connectivity index (χ0) is 21.3. The summed E-state index contributed by atoms with van der Waals surface area (Å²) in [6.07, 6.45) is 0.885. The first kappa shape index (κ1) is 21.5. The highest BCUT2D eigenvalue weighted by Gasteiger charge is 2.13. The van der Waals surface area contributed by atoms with Crippen LogP contribution in [0.15, 0.2) is 47.5 Å². The molecule has 31 heavy (non-hydrogen) atoms. The van der Waals surface area contributed by atoms with Gasteiger partial charge in [0, 0.05) is 32.7 Å². The number of guanidine groups is 1. The van der Waals surface area contributed by atoms with Gasteiger partial charge in [-0.1, -0.05) is 30.3 Å². The molecule has 0 spiro atoms. The standard InChI is InChI=1S/C24H32N4O3/c1-2-25-24(26-9-8-19-6-7-22-23(15-19)31-18-30-22)27-16-20-4-3-5-21(14-20)17-28-10-12-29-13-11-28/h3-7,14-15H,2,8-13,16-18H2,1H3,(H2,25,26,27). The third-order valence-corrected chi connectivity index (χ3v) is 5.41. The summed E-state index contributed by atoms with van der Waals surface area (Å²) in [5.41, 5.74) is 3.76. The highest BCUT2D eigenvalue weighted by Crippen LogP contribution is 2.32. The first-order valence-electron chi connectivity index (χ1n) is 11.1. The van der Waals surface area contributed by atoms with Crippen molar-refractivity contribution >= 4 is 5.96 Å². The zero-order valence-corrected chi connectivity index (χ0v) is 18.2. The minimum Gasteiger partial charge on any atom is -0.454 e. The molecule has 0 aliphatic carbocycles. The molecule has 166 valence electrons. The molecule has 0 amide bonds. The average Bonchev–Trinajstić information content (AvgIpc) is 3.26. The summed E-state index contributed by atoms with van der Waals surface area (Å²) in [5.74, 6) is 2.49. The van der Waals surface area contributed by atoms with Gasteiger partial charge in [0.1, 0.15) is 0 Å². The number of rotatable bonds is 8. The second-order valence-corrected chi connectivity index (χ2v) is 7.77. The van der Waals surface area contributed by atoms with Gasteiger partial charge in [-0.2, -0.15) is 0 Å². The molecule has 0 bridgehead atoms. The van der Waals surface area contributed by atoms with Crippen LogP contribution in [0.4, 0.5) is 0 Å². The molecular formula is C24H32N4O3. The molecule has 4 rings (SSSR count). The van der Waals surface area contributed by atoms with Crippen molar-refractivity contribution < 1.29 is 14.2 Å². The summed E-state index contributed by atoms with van der Waals surface area (Å²) in [6.45, 7) is 9.28. The number of fused-ring (bicyclic) bond motifs is 1. The number of morpholine rings is 1. The van der Waals surface area contributed by atoms with Crippen molar-refractivity contribution in [3.63, 3.8) is 0 Å². The highest BCUT2D eigenvalue weighted by molar-refractivity contribution is 5.79. The van der Waals surface area contributed by atoms with Gasteiger partial charge in [-0.25, -0.2) is 4.99 Å². The van der Waals surface area contributed by atoms with Crippen LogP contribution in [0.3, 0.4) is 0 Å². The van der Waals surface area contributed by atoms with E-state index < -0.39 is 0 Å². The summed E-state index contributed by atoms with van der Waals surface area (Å²) in [6, 6.07) is 14.8. The lowest BCUT2D eigenvalue weighted by molar-refractivity contribution is 0.0342. The Morgan fingerprint density at radius 2 is 1.81 bits per heavy atom. The van der Waals surface area contributed by atoms with E-state index in [2.05, 4.69) is 52.8 Å². The van der Waals surface area contributed by atoms with E-state index in [4.69, 9.17) is 19.2 Å². The maximum atomic E-state index is 5.46. The van der Waals surface area contributed by atoms with Crippen molar-refractivity contribution in [3.05, 3.63) is 59.2 Å². The molecular weight excluding hydrogens is 392 g/mol. The Balaban J connectivity index is 1.29. The first-order valence-corrected chi connectivity index (χ1v) is 11.1. The van der Waals surface area contributed by atoms with Crippen LogP contribution in [0, 0.1) is 0 Å². The third-order valence-electron chi connectivity index (χ3n) is 5.41. The van der Waals surface area contributed by atoms with Crippen LogP contribution in [-0.2, 0) is 24.2 Å². The van der Waals surface area contributed by atoms with Crippen molar-refractivity contribution in [2.24, 2.45) is 4.99 Å². The molecule has 0 unspecified atom stereocenters. The van der Waals surface area contributed by atoms with Gasteiger partial charge in [0.2, 0.25) is 6.79 Å². The highest BCUT2D eigenvalue weighted by atomic mass is 16.7. The predicted octanol–water partition coefficient (Wildman–Crippen LogP) is 2.55. The van der Waals surface area contributed by atoms with Crippen LogP contribution in [0.5, 0.6) is 11.5 Å². The van der Waals surface area contributed by atoms with Crippen LogP contribution in [0.2, 0.25) is 0 Å². The van der Waals surface area contributed by atoms with E-state index in [-0.39, 0.29) is 0 Å². The molecule has 1 fully saturated rings. The lowest BCUT2D eigenvalue weighted by Crippen LogP contribution is -2.38. The number of nitrogens with zero attached hydrogens (tertiary/aromatic N) is 2. The Morgan fingerprint density at radius 3 is 2.68 bits per heavy atom. The molecule has 2 aliphatic heterocycles. The number of aliphatic imine (C=N–C) groups is 1. The van der Waals surface area contributed by atoms with Crippen LogP contribution < -0.4 is 20.1 Å². The summed E-state index contributed by atoms with van der Waals surface area (Å²) in [7, 11) is 0. The Hall–Kier alpha value is -2.77. The van der Waals surface area contributed by atoms with Crippen LogP contribution in [0.25, 0.3) is 0 Å². The van der Waals surface area contributed by atoms with Crippen molar-refractivity contribution in [2.45, 2.75) is 26.4 Å². The Morgan fingerprint density at radius 1 is 0.968 bits per heavy atom. The molecule has 0 atom stereocenters. The van der Waals surface area contributed by atoms with E-state index in [1.807, 2.05) is 12.1 Å². The van der Waals surface area contributed by atoms with Gasteiger partial charge >= 0.3 is 0 Å². The SMILES string of the molecule is CCNC(=NCc1cccc(CN2CCOCC2)c1)NCCc1ccc2c(c1)OCO2. The first-order chi connectivity index (χ1) is 15.3. The maximum absolute atomic E-state index is 5.46. The fourth-order valence-electron chi connectivity index (χ4n) is 3.78. The molecule has 7 nitrogen and oxygen atoms in total. The fourth-order valence-corrected chi connectivity index (χ4v) is 3.78. The van der Waals surface area contributed by atoms with E-state index in [0.29, 0.717) is 13.3 Å². The number of hydrogen-bond acceptors (Lipinski definition) is 5. The molecule has 0 aromatic heterocycles. The number of hydrogen-bond donors (Lipinski definition) is 2. The largest absolute Gasteiger partial charge is 0.454 e. The molecule has 1 saturated heterocycles. The second-order valence-electron chi connectivity index (χ2n) is 7.77. The lowest BCUT2D eigenvalue weighted by Gasteiger charge is -2.26. The maximum Gasteiger partial charge on any atom is 0.231 e. The quantitative estimate of drug-likeness (QED) is 0.502. The minimum atomic E-state index is 0.307. The number of nitrogens with one attached hydrogen (secondary N) is 2. The number of benzene rings is 2.